The van der Waals surface area contributed by atoms with E-state index in [9.17, 15) is 5.21 Å². The Labute approximate surface area is 116 Å². The second-order valence-corrected chi connectivity index (χ2v) is 4.19. The zero-order valence-electron chi connectivity index (χ0n) is 10.3. The average Bonchev–Trinajstić information content (AvgIpc) is 2.46. The number of nitrogens with zero attached hydrogens (tertiary/aromatic N) is 1. The number of halogens is 1. The lowest BCUT2D eigenvalue weighted by Gasteiger charge is -2.07. The molecule has 2 rings (SSSR count). The summed E-state index contributed by atoms with van der Waals surface area (Å²) < 4.78 is 5.21. The Hall–Kier alpha value is -2.04. The van der Waals surface area contributed by atoms with Crippen molar-refractivity contribution in [3.05, 3.63) is 59.1 Å². The highest BCUT2D eigenvalue weighted by atomic mass is 35.5. The molecule has 0 radical (unpaired) electrons. The minimum atomic E-state index is 0.321. The van der Waals surface area contributed by atoms with Crippen molar-refractivity contribution in [2.45, 2.75) is 0 Å². The third-order valence-electron chi connectivity index (χ3n) is 2.54. The van der Waals surface area contributed by atoms with Crippen LogP contribution in [0.4, 0.5) is 5.69 Å². The first-order valence-corrected chi connectivity index (χ1v) is 6.00. The van der Waals surface area contributed by atoms with E-state index in [1.807, 2.05) is 12.1 Å². The standard InChI is InChI=1S/C14H13ClN2O2/c1-19-13-5-3-2-4-12(13)16-14(17-18)10-6-8-11(15)9-7-10/h2-9,18H,1H3,(H,16,17). The number of hydrogen-bond donors (Lipinski definition) is 2. The molecule has 2 N–H and O–H groups in total. The highest BCUT2D eigenvalue weighted by Gasteiger charge is 2.05. The molecule has 0 aliphatic rings. The zero-order chi connectivity index (χ0) is 13.7. The Bertz CT molecular complexity index is 582. The van der Waals surface area contributed by atoms with E-state index in [-0.39, 0.29) is 0 Å². The molecule has 4 nitrogen and oxygen atoms in total. The Kier molecular flexibility index (Phi) is 4.39. The topological polar surface area (TPSA) is 53.8 Å². The van der Waals surface area contributed by atoms with E-state index in [0.29, 0.717) is 22.3 Å². The van der Waals surface area contributed by atoms with Crippen molar-refractivity contribution in [2.24, 2.45) is 4.99 Å². The van der Waals surface area contributed by atoms with Crippen molar-refractivity contribution in [3.63, 3.8) is 0 Å². The van der Waals surface area contributed by atoms with Gasteiger partial charge in [0.15, 0.2) is 5.84 Å². The lowest BCUT2D eigenvalue weighted by atomic mass is 10.2. The number of ether oxygens (including phenoxy) is 1. The van der Waals surface area contributed by atoms with Gasteiger partial charge in [0.25, 0.3) is 0 Å². The number of nitrogens with one attached hydrogen (secondary N) is 1. The average molecular weight is 277 g/mol. The quantitative estimate of drug-likeness (QED) is 0.513. The predicted molar refractivity (Wildman–Crippen MR) is 75.6 cm³/mol. The molecule has 0 atom stereocenters. The molecule has 0 saturated heterocycles. The second-order valence-electron chi connectivity index (χ2n) is 3.75. The molecular formula is C14H13ClN2O2. The van der Waals surface area contributed by atoms with Crippen LogP contribution in [0.3, 0.4) is 0 Å². The molecule has 0 spiro atoms. The van der Waals surface area contributed by atoms with Crippen molar-refractivity contribution >= 4 is 23.1 Å². The smallest absolute Gasteiger partial charge is 0.157 e. The minimum Gasteiger partial charge on any atom is -0.494 e. The van der Waals surface area contributed by atoms with Gasteiger partial charge in [0.2, 0.25) is 0 Å². The zero-order valence-corrected chi connectivity index (χ0v) is 11.1. The molecule has 0 heterocycles. The number of para-hydroxylation sites is 2. The minimum absolute atomic E-state index is 0.321. The van der Waals surface area contributed by atoms with Crippen LogP contribution in [0.1, 0.15) is 5.56 Å². The van der Waals surface area contributed by atoms with Gasteiger partial charge in [0.1, 0.15) is 11.4 Å². The summed E-state index contributed by atoms with van der Waals surface area (Å²) in [7, 11) is 1.57. The maximum Gasteiger partial charge on any atom is 0.157 e. The fourth-order valence-corrected chi connectivity index (χ4v) is 1.73. The van der Waals surface area contributed by atoms with E-state index in [0.717, 1.165) is 5.56 Å². The van der Waals surface area contributed by atoms with Crippen LogP contribution in [0, 0.1) is 0 Å². The Morgan fingerprint density at radius 1 is 1.16 bits per heavy atom. The monoisotopic (exact) mass is 276 g/mol. The van der Waals surface area contributed by atoms with Crippen LogP contribution in [0.15, 0.2) is 53.5 Å². The van der Waals surface area contributed by atoms with E-state index in [4.69, 9.17) is 16.3 Å². The normalized spacial score (nSPS) is 11.2. The van der Waals surface area contributed by atoms with Gasteiger partial charge in [-0.3, -0.25) is 10.7 Å². The molecule has 0 saturated carbocycles. The van der Waals surface area contributed by atoms with E-state index < -0.39 is 0 Å². The number of aliphatic imine (C=N–C) groups is 1. The van der Waals surface area contributed by atoms with Crippen molar-refractivity contribution in [3.8, 4) is 5.75 Å². The second kappa shape index (κ2) is 6.22. The Balaban J connectivity index is 2.41. The van der Waals surface area contributed by atoms with Gasteiger partial charge in [-0.15, -0.1) is 0 Å². The fourth-order valence-electron chi connectivity index (χ4n) is 1.60. The molecule has 0 amide bonds. The summed E-state index contributed by atoms with van der Waals surface area (Å²) in [5.41, 5.74) is 3.43. The van der Waals surface area contributed by atoms with E-state index in [1.54, 1.807) is 43.5 Å². The maximum atomic E-state index is 9.22. The highest BCUT2D eigenvalue weighted by molar-refractivity contribution is 6.30. The summed E-state index contributed by atoms with van der Waals surface area (Å²) in [6.07, 6.45) is 0. The molecule has 0 unspecified atom stereocenters. The molecule has 0 aromatic heterocycles. The van der Waals surface area contributed by atoms with Gasteiger partial charge >= 0.3 is 0 Å². The van der Waals surface area contributed by atoms with Crippen LogP contribution < -0.4 is 10.2 Å². The number of rotatable bonds is 3. The first kappa shape index (κ1) is 13.4. The van der Waals surface area contributed by atoms with Crippen LogP contribution in [-0.2, 0) is 0 Å². The lowest BCUT2D eigenvalue weighted by Crippen LogP contribution is -2.19. The van der Waals surface area contributed by atoms with Gasteiger partial charge < -0.3 is 4.74 Å². The summed E-state index contributed by atoms with van der Waals surface area (Å²) >= 11 is 5.82. The van der Waals surface area contributed by atoms with Crippen molar-refractivity contribution in [2.75, 3.05) is 7.11 Å². The molecule has 0 fully saturated rings. The molecule has 98 valence electrons. The van der Waals surface area contributed by atoms with Crippen LogP contribution in [0.5, 0.6) is 5.75 Å². The Morgan fingerprint density at radius 2 is 1.84 bits per heavy atom. The summed E-state index contributed by atoms with van der Waals surface area (Å²) in [6, 6.07) is 14.3. The number of methoxy groups -OCH3 is 1. The number of amidine groups is 1. The van der Waals surface area contributed by atoms with Crippen LogP contribution in [-0.4, -0.2) is 18.2 Å². The van der Waals surface area contributed by atoms with Gasteiger partial charge in [0, 0.05) is 10.6 Å². The van der Waals surface area contributed by atoms with Crippen molar-refractivity contribution in [1.29, 1.82) is 0 Å². The maximum absolute atomic E-state index is 9.22. The summed E-state index contributed by atoms with van der Waals surface area (Å²) in [5, 5.41) is 9.84. The van der Waals surface area contributed by atoms with Gasteiger partial charge in [0.05, 0.1) is 7.11 Å². The molecular weight excluding hydrogens is 264 g/mol. The summed E-state index contributed by atoms with van der Waals surface area (Å²) in [5.74, 6) is 0.949. The number of hydroxylamine groups is 1. The third kappa shape index (κ3) is 3.24. The van der Waals surface area contributed by atoms with Crippen LogP contribution >= 0.6 is 11.6 Å². The van der Waals surface area contributed by atoms with E-state index in [2.05, 4.69) is 10.5 Å². The molecule has 0 bridgehead atoms. The molecule has 0 aliphatic carbocycles. The number of hydrogen-bond acceptors (Lipinski definition) is 3. The number of benzene rings is 2. The molecule has 19 heavy (non-hydrogen) atoms. The lowest BCUT2D eigenvalue weighted by molar-refractivity contribution is 0.235. The summed E-state index contributed by atoms with van der Waals surface area (Å²) in [4.78, 5) is 4.34. The van der Waals surface area contributed by atoms with Crippen LogP contribution in [0.2, 0.25) is 5.02 Å². The highest BCUT2D eigenvalue weighted by Crippen LogP contribution is 2.26. The van der Waals surface area contributed by atoms with Crippen LogP contribution in [0.25, 0.3) is 0 Å². The van der Waals surface area contributed by atoms with Gasteiger partial charge in [-0.25, -0.2) is 4.99 Å². The van der Waals surface area contributed by atoms with E-state index in [1.165, 1.54) is 0 Å². The molecule has 2 aromatic rings. The fraction of sp³-hybridized carbons (Fsp3) is 0.0714. The largest absolute Gasteiger partial charge is 0.494 e. The Morgan fingerprint density at radius 3 is 2.47 bits per heavy atom. The molecule has 5 heteroatoms. The van der Waals surface area contributed by atoms with Gasteiger partial charge in [-0.2, -0.15) is 0 Å². The van der Waals surface area contributed by atoms with Crippen molar-refractivity contribution < 1.29 is 9.94 Å². The predicted octanol–water partition coefficient (Wildman–Crippen LogP) is 3.41. The van der Waals surface area contributed by atoms with E-state index >= 15 is 0 Å². The molecule has 2 aromatic carbocycles. The van der Waals surface area contributed by atoms with Gasteiger partial charge in [-0.05, 0) is 36.4 Å². The first-order valence-electron chi connectivity index (χ1n) is 5.62. The van der Waals surface area contributed by atoms with Crippen molar-refractivity contribution in [1.82, 2.24) is 5.48 Å². The molecule has 0 aliphatic heterocycles. The SMILES string of the molecule is COc1ccccc1N=C(NO)c1ccc(Cl)cc1. The van der Waals surface area contributed by atoms with Gasteiger partial charge in [-0.1, -0.05) is 23.7 Å². The summed E-state index contributed by atoms with van der Waals surface area (Å²) in [6.45, 7) is 0. The third-order valence-corrected chi connectivity index (χ3v) is 2.79. The first-order chi connectivity index (χ1) is 9.24.